The van der Waals surface area contributed by atoms with E-state index in [4.69, 9.17) is 10.5 Å². The Kier molecular flexibility index (Phi) is 4.88. The third-order valence-electron chi connectivity index (χ3n) is 1.81. The van der Waals surface area contributed by atoms with E-state index in [1.807, 2.05) is 6.92 Å². The summed E-state index contributed by atoms with van der Waals surface area (Å²) in [5.74, 6) is -0.459. The molecule has 0 aromatic carbocycles. The fourth-order valence-corrected chi connectivity index (χ4v) is 1.09. The fraction of sp³-hybridized carbons (Fsp3) is 0.778. The van der Waals surface area contributed by atoms with E-state index >= 15 is 0 Å². The summed E-state index contributed by atoms with van der Waals surface area (Å²) in [6.07, 6.45) is -4.78. The Hall–Kier alpha value is -1.15. The van der Waals surface area contributed by atoms with E-state index in [2.05, 4.69) is 14.7 Å². The van der Waals surface area contributed by atoms with Crippen molar-refractivity contribution in [2.45, 2.75) is 32.0 Å². The van der Waals surface area contributed by atoms with Gasteiger partial charge in [0.15, 0.2) is 5.82 Å². The molecule has 0 saturated heterocycles. The second-order valence-electron chi connectivity index (χ2n) is 3.52. The highest BCUT2D eigenvalue weighted by Crippen LogP contribution is 2.20. The maximum Gasteiger partial charge on any atom is 0.397 e. The molecule has 0 spiro atoms. The van der Waals surface area contributed by atoms with Crippen molar-refractivity contribution in [2.24, 2.45) is 5.73 Å². The minimum absolute atomic E-state index is 0.0281. The van der Waals surface area contributed by atoms with Gasteiger partial charge < -0.3 is 15.0 Å². The molecule has 0 aliphatic heterocycles. The third-order valence-corrected chi connectivity index (χ3v) is 1.81. The molecule has 0 saturated carbocycles. The van der Waals surface area contributed by atoms with E-state index in [1.165, 1.54) is 0 Å². The van der Waals surface area contributed by atoms with Crippen LogP contribution in [0, 0.1) is 0 Å². The van der Waals surface area contributed by atoms with E-state index in [1.54, 1.807) is 0 Å². The molecule has 1 aromatic heterocycles. The number of alkyl halides is 3. The molecule has 0 radical (unpaired) electrons. The van der Waals surface area contributed by atoms with Gasteiger partial charge in [0.25, 0.3) is 0 Å². The summed E-state index contributed by atoms with van der Waals surface area (Å²) in [5.41, 5.74) is 5.62. The van der Waals surface area contributed by atoms with Crippen LogP contribution in [-0.4, -0.2) is 29.5 Å². The lowest BCUT2D eigenvalue weighted by Gasteiger charge is -2.06. The Labute approximate surface area is 96.1 Å². The zero-order valence-electron chi connectivity index (χ0n) is 9.33. The minimum atomic E-state index is -4.37. The van der Waals surface area contributed by atoms with Gasteiger partial charge in [-0.3, -0.25) is 0 Å². The number of rotatable bonds is 6. The Morgan fingerprint density at radius 2 is 2.18 bits per heavy atom. The van der Waals surface area contributed by atoms with Crippen molar-refractivity contribution in [1.82, 2.24) is 10.1 Å². The van der Waals surface area contributed by atoms with Crippen LogP contribution in [0.5, 0.6) is 0 Å². The number of hydrogen-bond donors (Lipinski definition) is 1. The third kappa shape index (κ3) is 5.14. The highest BCUT2D eigenvalue weighted by atomic mass is 19.4. The second-order valence-corrected chi connectivity index (χ2v) is 3.52. The summed E-state index contributed by atoms with van der Waals surface area (Å²) in [7, 11) is 0. The first-order valence-corrected chi connectivity index (χ1v) is 5.15. The Morgan fingerprint density at radius 3 is 2.76 bits per heavy atom. The molecule has 1 aromatic rings. The van der Waals surface area contributed by atoms with Gasteiger partial charge in [-0.05, 0) is 6.42 Å². The summed E-state index contributed by atoms with van der Waals surface area (Å²) in [5, 5.41) is 3.39. The Morgan fingerprint density at radius 1 is 1.47 bits per heavy atom. The van der Waals surface area contributed by atoms with Crippen LogP contribution < -0.4 is 5.73 Å². The maximum absolute atomic E-state index is 12.0. The molecule has 0 fully saturated rings. The number of hydrogen-bond acceptors (Lipinski definition) is 5. The van der Waals surface area contributed by atoms with Crippen LogP contribution in [0.1, 0.15) is 31.1 Å². The van der Waals surface area contributed by atoms with Gasteiger partial charge in [-0.1, -0.05) is 12.1 Å². The molecule has 1 atom stereocenters. The van der Waals surface area contributed by atoms with Crippen molar-refractivity contribution < 1.29 is 22.4 Å². The summed E-state index contributed by atoms with van der Waals surface area (Å²) in [6, 6.07) is -0.674. The molecule has 0 bridgehead atoms. The Bertz CT molecular complexity index is 340. The van der Waals surface area contributed by atoms with E-state index in [-0.39, 0.29) is 12.4 Å². The van der Waals surface area contributed by atoms with Crippen molar-refractivity contribution in [3.63, 3.8) is 0 Å². The predicted molar refractivity (Wildman–Crippen MR) is 52.1 cm³/mol. The molecule has 0 aliphatic rings. The molecule has 98 valence electrons. The molecule has 0 amide bonds. The lowest BCUT2D eigenvalue weighted by Crippen LogP contribution is -2.19. The Balaban J connectivity index is 2.49. The molecule has 1 heterocycles. The van der Waals surface area contributed by atoms with Gasteiger partial charge in [0.2, 0.25) is 5.89 Å². The van der Waals surface area contributed by atoms with Crippen molar-refractivity contribution >= 4 is 0 Å². The molecule has 2 N–H and O–H groups in total. The second kappa shape index (κ2) is 5.97. The predicted octanol–water partition coefficient (Wildman–Crippen LogP) is 1.60. The number of halogens is 3. The van der Waals surface area contributed by atoms with Crippen LogP contribution in [0.2, 0.25) is 0 Å². The zero-order valence-corrected chi connectivity index (χ0v) is 9.33. The summed E-state index contributed by atoms with van der Waals surface area (Å²) in [4.78, 5) is 3.57. The zero-order chi connectivity index (χ0) is 12.9. The monoisotopic (exact) mass is 253 g/mol. The average molecular weight is 253 g/mol. The molecule has 17 heavy (non-hydrogen) atoms. The van der Waals surface area contributed by atoms with Crippen LogP contribution >= 0.6 is 0 Å². The first-order valence-electron chi connectivity index (χ1n) is 5.15. The molecular formula is C9H14F3N3O2. The van der Waals surface area contributed by atoms with Gasteiger partial charge in [0.1, 0.15) is 6.42 Å². The molecule has 8 heteroatoms. The van der Waals surface area contributed by atoms with Gasteiger partial charge in [-0.2, -0.15) is 18.2 Å². The lowest BCUT2D eigenvalue weighted by molar-refractivity contribution is -0.131. The van der Waals surface area contributed by atoms with Crippen LogP contribution in [0.4, 0.5) is 13.2 Å². The normalized spacial score (nSPS) is 13.9. The van der Waals surface area contributed by atoms with Crippen LogP contribution in [0.15, 0.2) is 4.52 Å². The quantitative estimate of drug-likeness (QED) is 0.779. The van der Waals surface area contributed by atoms with Gasteiger partial charge in [-0.25, -0.2) is 0 Å². The SMILES string of the molecule is CCCOCC(N)c1noc(CC(F)(F)F)n1. The first-order chi connectivity index (χ1) is 7.92. The van der Waals surface area contributed by atoms with Crippen LogP contribution in [0.25, 0.3) is 0 Å². The van der Waals surface area contributed by atoms with Gasteiger partial charge in [-0.15, -0.1) is 0 Å². The maximum atomic E-state index is 12.0. The number of nitrogens with zero attached hydrogens (tertiary/aromatic N) is 2. The minimum Gasteiger partial charge on any atom is -0.379 e. The first kappa shape index (κ1) is 13.9. The molecule has 1 unspecified atom stereocenters. The van der Waals surface area contributed by atoms with Gasteiger partial charge in [0.05, 0.1) is 12.6 Å². The number of ether oxygens (including phenoxy) is 1. The molecule has 5 nitrogen and oxygen atoms in total. The lowest BCUT2D eigenvalue weighted by atomic mass is 10.3. The standard InChI is InChI=1S/C9H14F3N3O2/c1-2-3-16-5-6(13)8-14-7(17-15-8)4-9(10,11)12/h6H,2-5,13H2,1H3. The molecule has 1 rings (SSSR count). The summed E-state index contributed by atoms with van der Waals surface area (Å²) >= 11 is 0. The van der Waals surface area contributed by atoms with E-state index in [0.717, 1.165) is 6.42 Å². The molecule has 0 aliphatic carbocycles. The van der Waals surface area contributed by atoms with Crippen molar-refractivity contribution in [2.75, 3.05) is 13.2 Å². The van der Waals surface area contributed by atoms with Crippen molar-refractivity contribution in [1.29, 1.82) is 0 Å². The number of nitrogens with two attached hydrogens (primary N) is 1. The summed E-state index contributed by atoms with van der Waals surface area (Å²) in [6.45, 7) is 2.61. The van der Waals surface area contributed by atoms with Crippen LogP contribution in [-0.2, 0) is 11.2 Å². The van der Waals surface area contributed by atoms with Crippen molar-refractivity contribution in [3.8, 4) is 0 Å². The smallest absolute Gasteiger partial charge is 0.379 e. The highest BCUT2D eigenvalue weighted by molar-refractivity contribution is 4.94. The van der Waals surface area contributed by atoms with Gasteiger partial charge >= 0.3 is 6.18 Å². The topological polar surface area (TPSA) is 74.2 Å². The van der Waals surface area contributed by atoms with Crippen molar-refractivity contribution in [3.05, 3.63) is 11.7 Å². The number of aromatic nitrogens is 2. The van der Waals surface area contributed by atoms with E-state index < -0.39 is 24.5 Å². The fourth-order valence-electron chi connectivity index (χ4n) is 1.09. The van der Waals surface area contributed by atoms with Gasteiger partial charge in [0, 0.05) is 6.61 Å². The van der Waals surface area contributed by atoms with E-state index in [0.29, 0.717) is 6.61 Å². The average Bonchev–Trinajstić information content (AvgIpc) is 2.64. The van der Waals surface area contributed by atoms with E-state index in [9.17, 15) is 13.2 Å². The summed E-state index contributed by atoms with van der Waals surface area (Å²) < 4.78 is 45.6. The van der Waals surface area contributed by atoms with Crippen LogP contribution in [0.3, 0.4) is 0 Å². The largest absolute Gasteiger partial charge is 0.397 e. The highest BCUT2D eigenvalue weighted by Gasteiger charge is 2.31. The molecular weight excluding hydrogens is 239 g/mol.